The van der Waals surface area contributed by atoms with Gasteiger partial charge in [-0.1, -0.05) is 12.1 Å². The average Bonchev–Trinajstić information content (AvgIpc) is 2.76. The van der Waals surface area contributed by atoms with Gasteiger partial charge in [-0.15, -0.1) is 0 Å². The molecule has 0 bridgehead atoms. The molecule has 0 saturated heterocycles. The predicted molar refractivity (Wildman–Crippen MR) is 120 cm³/mol. The molecule has 2 aromatic carbocycles. The van der Waals surface area contributed by atoms with Gasteiger partial charge in [0.1, 0.15) is 0 Å². The van der Waals surface area contributed by atoms with Crippen LogP contribution >= 0.6 is 0 Å². The summed E-state index contributed by atoms with van der Waals surface area (Å²) in [5.74, 6) is 0.0141. The second-order valence-electron chi connectivity index (χ2n) is 7.34. The molecule has 7 nitrogen and oxygen atoms in total. The molecule has 3 aromatic rings. The van der Waals surface area contributed by atoms with Crippen LogP contribution in [-0.4, -0.2) is 35.1 Å². The third-order valence-electron chi connectivity index (χ3n) is 4.73. The molecule has 1 heterocycles. The van der Waals surface area contributed by atoms with Crippen LogP contribution in [0, 0.1) is 5.82 Å². The average molecular weight is 426 g/mol. The van der Waals surface area contributed by atoms with Crippen LogP contribution < -0.4 is 15.7 Å². The number of halogens is 1. The summed E-state index contributed by atoms with van der Waals surface area (Å²) in [4.78, 5) is 17.6. The van der Waals surface area contributed by atoms with E-state index in [4.69, 9.17) is 9.47 Å². The van der Waals surface area contributed by atoms with Crippen molar-refractivity contribution in [3.8, 4) is 5.75 Å². The van der Waals surface area contributed by atoms with E-state index in [1.807, 2.05) is 26.0 Å². The lowest BCUT2D eigenvalue weighted by Crippen LogP contribution is -2.25. The number of rotatable bonds is 9. The maximum atomic E-state index is 14.0. The minimum absolute atomic E-state index is 0.126. The number of methoxy groups -OCH3 is 1. The lowest BCUT2D eigenvalue weighted by molar-refractivity contribution is 0.0748. The van der Waals surface area contributed by atoms with Gasteiger partial charge in [-0.25, -0.2) is 14.8 Å². The van der Waals surface area contributed by atoms with Gasteiger partial charge < -0.3 is 9.47 Å². The molecule has 31 heavy (non-hydrogen) atoms. The summed E-state index contributed by atoms with van der Waals surface area (Å²) in [6, 6.07) is 11.8. The molecule has 0 fully saturated rings. The maximum Gasteiger partial charge on any atom is 0.262 e. The molecule has 0 radical (unpaired) electrons. The Labute approximate surface area is 180 Å². The van der Waals surface area contributed by atoms with Crippen molar-refractivity contribution in [3.05, 3.63) is 64.2 Å². The van der Waals surface area contributed by atoms with E-state index < -0.39 is 5.82 Å². The van der Waals surface area contributed by atoms with Gasteiger partial charge in [-0.2, -0.15) is 5.10 Å². The van der Waals surface area contributed by atoms with E-state index in [1.165, 1.54) is 13.2 Å². The molecular formula is C23H27FN4O3. The van der Waals surface area contributed by atoms with Gasteiger partial charge in [-0.05, 0) is 57.5 Å². The minimum Gasteiger partial charge on any atom is -0.494 e. The Bertz CT molecular complexity index is 1140. The molecule has 0 atom stereocenters. The number of ether oxygens (including phenoxy) is 2. The van der Waals surface area contributed by atoms with Crippen molar-refractivity contribution < 1.29 is 13.9 Å². The monoisotopic (exact) mass is 426 g/mol. The van der Waals surface area contributed by atoms with Gasteiger partial charge in [0.2, 0.25) is 5.95 Å². The van der Waals surface area contributed by atoms with E-state index in [0.717, 1.165) is 0 Å². The second-order valence-corrected chi connectivity index (χ2v) is 7.34. The van der Waals surface area contributed by atoms with Crippen molar-refractivity contribution in [1.82, 2.24) is 9.55 Å². The highest BCUT2D eigenvalue weighted by atomic mass is 19.1. The standard InChI is InChI=1S/C23H27FN4O3/c1-15(2)31-13-7-12-28-22(29)18-8-5-6-9-20(18)25-23(28)27-26-16(3)17-10-11-21(30-4)19(24)14-17/h5-6,8-11,14-15H,7,12-13H2,1-4H3,(H,25,27)/b26-16-. The fourth-order valence-corrected chi connectivity index (χ4v) is 3.09. The zero-order valence-corrected chi connectivity index (χ0v) is 18.2. The van der Waals surface area contributed by atoms with Gasteiger partial charge >= 0.3 is 0 Å². The van der Waals surface area contributed by atoms with Crippen LogP contribution in [-0.2, 0) is 11.3 Å². The van der Waals surface area contributed by atoms with Crippen LogP contribution in [0.3, 0.4) is 0 Å². The molecule has 164 valence electrons. The van der Waals surface area contributed by atoms with Crippen LogP contribution in [0.1, 0.15) is 32.8 Å². The molecule has 0 amide bonds. The number of nitrogens with zero attached hydrogens (tertiary/aromatic N) is 3. The number of hydrogen-bond donors (Lipinski definition) is 1. The van der Waals surface area contributed by atoms with Crippen LogP contribution in [0.2, 0.25) is 0 Å². The molecule has 3 rings (SSSR count). The Morgan fingerprint density at radius 3 is 2.74 bits per heavy atom. The van der Waals surface area contributed by atoms with Gasteiger partial charge in [-0.3, -0.25) is 9.36 Å². The first-order chi connectivity index (χ1) is 14.9. The van der Waals surface area contributed by atoms with Crippen molar-refractivity contribution in [2.45, 2.75) is 39.8 Å². The lowest BCUT2D eigenvalue weighted by atomic mass is 10.1. The van der Waals surface area contributed by atoms with Crippen LogP contribution in [0.15, 0.2) is 52.4 Å². The number of anilines is 1. The molecule has 0 unspecified atom stereocenters. The summed E-state index contributed by atoms with van der Waals surface area (Å²) in [5, 5.41) is 4.87. The minimum atomic E-state index is -0.472. The van der Waals surface area contributed by atoms with E-state index >= 15 is 0 Å². The maximum absolute atomic E-state index is 14.0. The van der Waals surface area contributed by atoms with Crippen molar-refractivity contribution in [2.75, 3.05) is 19.1 Å². The fraction of sp³-hybridized carbons (Fsp3) is 0.348. The Hall–Kier alpha value is -3.26. The van der Waals surface area contributed by atoms with E-state index in [2.05, 4.69) is 15.5 Å². The highest BCUT2D eigenvalue weighted by molar-refractivity contribution is 5.99. The van der Waals surface area contributed by atoms with Gasteiger partial charge in [0.15, 0.2) is 11.6 Å². The number of nitrogens with one attached hydrogen (secondary N) is 1. The smallest absolute Gasteiger partial charge is 0.262 e. The summed E-state index contributed by atoms with van der Waals surface area (Å²) in [5.41, 5.74) is 4.44. The van der Waals surface area contributed by atoms with Crippen LogP contribution in [0.25, 0.3) is 10.9 Å². The Morgan fingerprint density at radius 1 is 1.26 bits per heavy atom. The largest absolute Gasteiger partial charge is 0.494 e. The predicted octanol–water partition coefficient (Wildman–Crippen LogP) is 4.20. The van der Waals surface area contributed by atoms with Gasteiger partial charge in [0.05, 0.1) is 29.8 Å². The zero-order chi connectivity index (χ0) is 22.4. The quantitative estimate of drug-likeness (QED) is 0.315. The first kappa shape index (κ1) is 22.4. The summed E-state index contributed by atoms with van der Waals surface area (Å²) >= 11 is 0. The third kappa shape index (κ3) is 5.46. The van der Waals surface area contributed by atoms with Crippen molar-refractivity contribution in [2.24, 2.45) is 5.10 Å². The van der Waals surface area contributed by atoms with Crippen molar-refractivity contribution >= 4 is 22.6 Å². The summed E-state index contributed by atoms with van der Waals surface area (Å²) in [6.07, 6.45) is 0.778. The molecule has 8 heteroatoms. The molecular weight excluding hydrogens is 399 g/mol. The van der Waals surface area contributed by atoms with Crippen LogP contribution in [0.5, 0.6) is 5.75 Å². The molecule has 0 aliphatic carbocycles. The summed E-state index contributed by atoms with van der Waals surface area (Å²) < 4.78 is 26.1. The number of fused-ring (bicyclic) bond motifs is 1. The SMILES string of the molecule is COc1ccc(/C(C)=N\Nc2nc3ccccc3c(=O)n2CCCOC(C)C)cc1F. The van der Waals surface area contributed by atoms with E-state index in [-0.39, 0.29) is 17.4 Å². The topological polar surface area (TPSA) is 77.7 Å². The Morgan fingerprint density at radius 2 is 2.03 bits per heavy atom. The summed E-state index contributed by atoms with van der Waals surface area (Å²) in [6.45, 7) is 6.64. The number of aromatic nitrogens is 2. The number of benzene rings is 2. The first-order valence-corrected chi connectivity index (χ1v) is 10.2. The normalized spacial score (nSPS) is 11.9. The van der Waals surface area contributed by atoms with E-state index in [0.29, 0.717) is 47.7 Å². The Balaban J connectivity index is 1.90. The highest BCUT2D eigenvalue weighted by Gasteiger charge is 2.11. The molecule has 0 saturated carbocycles. The zero-order valence-electron chi connectivity index (χ0n) is 18.2. The lowest BCUT2D eigenvalue weighted by Gasteiger charge is -2.14. The molecule has 0 aliphatic rings. The fourth-order valence-electron chi connectivity index (χ4n) is 3.09. The first-order valence-electron chi connectivity index (χ1n) is 10.2. The van der Waals surface area contributed by atoms with Crippen LogP contribution in [0.4, 0.5) is 10.3 Å². The van der Waals surface area contributed by atoms with Crippen molar-refractivity contribution in [1.29, 1.82) is 0 Å². The van der Waals surface area contributed by atoms with E-state index in [1.54, 1.807) is 35.8 Å². The number of para-hydroxylation sites is 1. The van der Waals surface area contributed by atoms with E-state index in [9.17, 15) is 9.18 Å². The van der Waals surface area contributed by atoms with Gasteiger partial charge in [0.25, 0.3) is 5.56 Å². The molecule has 1 N–H and O–H groups in total. The summed E-state index contributed by atoms with van der Waals surface area (Å²) in [7, 11) is 1.41. The Kier molecular flexibility index (Phi) is 7.36. The number of hydrogen-bond acceptors (Lipinski definition) is 6. The second kappa shape index (κ2) is 10.2. The molecule has 0 aliphatic heterocycles. The third-order valence-corrected chi connectivity index (χ3v) is 4.73. The molecule has 0 spiro atoms. The molecule has 1 aromatic heterocycles. The number of hydrazone groups is 1. The van der Waals surface area contributed by atoms with Gasteiger partial charge in [0, 0.05) is 18.7 Å². The van der Waals surface area contributed by atoms with Crippen molar-refractivity contribution in [3.63, 3.8) is 0 Å². The highest BCUT2D eigenvalue weighted by Crippen LogP contribution is 2.18.